The normalized spacial score (nSPS) is 11.4. The lowest BCUT2D eigenvalue weighted by atomic mass is 10.1. The molecule has 0 aliphatic heterocycles. The van der Waals surface area contributed by atoms with E-state index < -0.39 is 28.9 Å². The van der Waals surface area contributed by atoms with E-state index >= 15 is 0 Å². The molecule has 0 fully saturated rings. The van der Waals surface area contributed by atoms with Gasteiger partial charge in [-0.15, -0.1) is 0 Å². The number of carbonyl (C=O) groups excluding carboxylic acids is 1. The summed E-state index contributed by atoms with van der Waals surface area (Å²) in [6, 6.07) is 1.46. The number of amidine groups is 1. The molecule has 0 saturated carbocycles. The van der Waals surface area contributed by atoms with E-state index in [0.29, 0.717) is 6.07 Å². The van der Waals surface area contributed by atoms with E-state index in [1.54, 1.807) is 0 Å². The third-order valence-electron chi connectivity index (χ3n) is 2.14. The first-order chi connectivity index (χ1) is 8.38. The number of nitrogens with zero attached hydrogens (tertiary/aromatic N) is 2. The van der Waals surface area contributed by atoms with E-state index in [9.17, 15) is 18.0 Å². The summed E-state index contributed by atoms with van der Waals surface area (Å²) in [5.41, 5.74) is 4.52. The van der Waals surface area contributed by atoms with Crippen molar-refractivity contribution in [3.63, 3.8) is 0 Å². The van der Waals surface area contributed by atoms with Crippen molar-refractivity contribution in [1.29, 1.82) is 0 Å². The summed E-state index contributed by atoms with van der Waals surface area (Å²) in [6.45, 7) is -0.284. The van der Waals surface area contributed by atoms with Crippen LogP contribution in [0, 0.1) is 17.5 Å². The van der Waals surface area contributed by atoms with Gasteiger partial charge in [-0.1, -0.05) is 5.16 Å². The Morgan fingerprint density at radius 1 is 1.39 bits per heavy atom. The van der Waals surface area contributed by atoms with Gasteiger partial charge in [0.15, 0.2) is 23.3 Å². The lowest BCUT2D eigenvalue weighted by molar-refractivity contribution is 0.0807. The number of hydrogen-bond acceptors (Lipinski definition) is 3. The third-order valence-corrected chi connectivity index (χ3v) is 2.14. The average molecular weight is 261 g/mol. The van der Waals surface area contributed by atoms with Crippen LogP contribution < -0.4 is 5.73 Å². The van der Waals surface area contributed by atoms with Crippen LogP contribution >= 0.6 is 0 Å². The van der Waals surface area contributed by atoms with Crippen LogP contribution in [0.15, 0.2) is 17.3 Å². The fraction of sp³-hybridized carbons (Fsp3) is 0.200. The van der Waals surface area contributed by atoms with Crippen LogP contribution in [0.3, 0.4) is 0 Å². The number of rotatable bonds is 3. The molecular weight excluding hydrogens is 251 g/mol. The van der Waals surface area contributed by atoms with E-state index in [-0.39, 0.29) is 12.4 Å². The Balaban J connectivity index is 3.01. The van der Waals surface area contributed by atoms with E-state index in [4.69, 9.17) is 10.9 Å². The fourth-order valence-corrected chi connectivity index (χ4v) is 1.24. The number of oxime groups is 1. The largest absolute Gasteiger partial charge is 0.409 e. The Morgan fingerprint density at radius 2 is 2.00 bits per heavy atom. The van der Waals surface area contributed by atoms with Gasteiger partial charge in [-0.3, -0.25) is 4.79 Å². The van der Waals surface area contributed by atoms with Crippen LogP contribution in [-0.2, 0) is 0 Å². The predicted molar refractivity (Wildman–Crippen MR) is 56.7 cm³/mol. The molecule has 0 aromatic heterocycles. The summed E-state index contributed by atoms with van der Waals surface area (Å²) in [6.07, 6.45) is 0. The predicted octanol–water partition coefficient (Wildman–Crippen LogP) is 0.922. The van der Waals surface area contributed by atoms with Crippen LogP contribution in [0.25, 0.3) is 0 Å². The van der Waals surface area contributed by atoms with Gasteiger partial charge >= 0.3 is 0 Å². The standard InChI is InChI=1S/C10H10F3N3O2/c1-16(4-7(14)15-18)10(17)5-2-3-6(11)9(13)8(5)12/h2-3,18H,4H2,1H3,(H2,14,15). The molecule has 1 aromatic rings. The van der Waals surface area contributed by atoms with E-state index in [2.05, 4.69) is 5.16 Å². The van der Waals surface area contributed by atoms with E-state index in [1.807, 2.05) is 0 Å². The minimum absolute atomic E-state index is 0.283. The second kappa shape index (κ2) is 5.39. The molecule has 0 unspecified atom stereocenters. The SMILES string of the molecule is CN(CC(N)=NO)C(=O)c1ccc(F)c(F)c1F. The number of halogens is 3. The van der Waals surface area contributed by atoms with Crippen molar-refractivity contribution < 1.29 is 23.2 Å². The monoisotopic (exact) mass is 261 g/mol. The Morgan fingerprint density at radius 3 is 2.56 bits per heavy atom. The summed E-state index contributed by atoms with van der Waals surface area (Å²) in [5, 5.41) is 10.9. The highest BCUT2D eigenvalue weighted by atomic mass is 19.2. The topological polar surface area (TPSA) is 78.9 Å². The minimum atomic E-state index is -1.72. The van der Waals surface area contributed by atoms with Gasteiger partial charge in [0.05, 0.1) is 12.1 Å². The first-order valence-corrected chi connectivity index (χ1v) is 4.73. The molecule has 8 heteroatoms. The number of hydrogen-bond donors (Lipinski definition) is 2. The Kier molecular flexibility index (Phi) is 4.13. The van der Waals surface area contributed by atoms with Crippen molar-refractivity contribution in [2.45, 2.75) is 0 Å². The quantitative estimate of drug-likeness (QED) is 0.279. The molecule has 0 aliphatic rings. The summed E-state index contributed by atoms with van der Waals surface area (Å²) in [7, 11) is 1.24. The third kappa shape index (κ3) is 2.70. The maximum absolute atomic E-state index is 13.3. The molecule has 0 heterocycles. The molecule has 0 bridgehead atoms. The number of benzene rings is 1. The molecular formula is C10H10F3N3O2. The molecule has 98 valence electrons. The van der Waals surface area contributed by atoms with Crippen molar-refractivity contribution in [2.24, 2.45) is 10.9 Å². The zero-order valence-electron chi connectivity index (χ0n) is 9.32. The van der Waals surface area contributed by atoms with Gasteiger partial charge in [0.25, 0.3) is 5.91 Å². The highest BCUT2D eigenvalue weighted by Crippen LogP contribution is 2.16. The first kappa shape index (κ1) is 13.8. The maximum Gasteiger partial charge on any atom is 0.257 e. The Hall–Kier alpha value is -2.25. The van der Waals surface area contributed by atoms with Crippen LogP contribution in [0.2, 0.25) is 0 Å². The number of likely N-dealkylation sites (N-methyl/N-ethyl adjacent to an activating group) is 1. The van der Waals surface area contributed by atoms with Crippen LogP contribution in [0.1, 0.15) is 10.4 Å². The van der Waals surface area contributed by atoms with Gasteiger partial charge in [-0.2, -0.15) is 0 Å². The summed E-state index contributed by atoms with van der Waals surface area (Å²) >= 11 is 0. The average Bonchev–Trinajstić information content (AvgIpc) is 2.35. The van der Waals surface area contributed by atoms with Crippen molar-refractivity contribution in [3.8, 4) is 0 Å². The highest BCUT2D eigenvalue weighted by molar-refractivity contribution is 5.97. The second-order valence-electron chi connectivity index (χ2n) is 3.48. The van der Waals surface area contributed by atoms with Crippen molar-refractivity contribution in [3.05, 3.63) is 35.1 Å². The van der Waals surface area contributed by atoms with Gasteiger partial charge in [0, 0.05) is 7.05 Å². The lowest BCUT2D eigenvalue weighted by Crippen LogP contribution is -2.36. The molecule has 0 atom stereocenters. The fourth-order valence-electron chi connectivity index (χ4n) is 1.24. The van der Waals surface area contributed by atoms with Crippen molar-refractivity contribution >= 4 is 11.7 Å². The van der Waals surface area contributed by atoms with Gasteiger partial charge in [0.2, 0.25) is 0 Å². The highest BCUT2D eigenvalue weighted by Gasteiger charge is 2.21. The minimum Gasteiger partial charge on any atom is -0.409 e. The molecule has 0 radical (unpaired) electrons. The van der Waals surface area contributed by atoms with Crippen LogP contribution in [-0.4, -0.2) is 35.4 Å². The molecule has 0 aliphatic carbocycles. The molecule has 1 rings (SSSR count). The summed E-state index contributed by atoms with van der Waals surface area (Å²) in [5.74, 6) is -5.89. The van der Waals surface area contributed by atoms with E-state index in [0.717, 1.165) is 11.0 Å². The van der Waals surface area contributed by atoms with Crippen LogP contribution in [0.4, 0.5) is 13.2 Å². The number of amides is 1. The molecule has 3 N–H and O–H groups in total. The Labute approximate surface area is 100 Å². The Bertz CT molecular complexity index is 505. The van der Waals surface area contributed by atoms with E-state index in [1.165, 1.54) is 7.05 Å². The smallest absolute Gasteiger partial charge is 0.257 e. The molecule has 0 saturated heterocycles. The number of nitrogens with two attached hydrogens (primary N) is 1. The zero-order chi connectivity index (χ0) is 13.9. The first-order valence-electron chi connectivity index (χ1n) is 4.73. The molecule has 5 nitrogen and oxygen atoms in total. The zero-order valence-corrected chi connectivity index (χ0v) is 9.32. The van der Waals surface area contributed by atoms with Crippen molar-refractivity contribution in [1.82, 2.24) is 4.90 Å². The van der Waals surface area contributed by atoms with Crippen molar-refractivity contribution in [2.75, 3.05) is 13.6 Å². The molecule has 1 aromatic carbocycles. The summed E-state index contributed by atoms with van der Waals surface area (Å²) < 4.78 is 38.9. The molecule has 0 spiro atoms. The van der Waals surface area contributed by atoms with Gasteiger partial charge in [-0.25, -0.2) is 13.2 Å². The van der Waals surface area contributed by atoms with Gasteiger partial charge in [-0.05, 0) is 12.1 Å². The van der Waals surface area contributed by atoms with Crippen LogP contribution in [0.5, 0.6) is 0 Å². The maximum atomic E-state index is 13.3. The number of carbonyl (C=O) groups is 1. The summed E-state index contributed by atoms with van der Waals surface area (Å²) in [4.78, 5) is 12.6. The molecule has 18 heavy (non-hydrogen) atoms. The van der Waals surface area contributed by atoms with Gasteiger partial charge in [0.1, 0.15) is 0 Å². The second-order valence-corrected chi connectivity index (χ2v) is 3.48. The molecule has 1 amide bonds. The lowest BCUT2D eigenvalue weighted by Gasteiger charge is -2.16. The van der Waals surface area contributed by atoms with Gasteiger partial charge < -0.3 is 15.8 Å².